The van der Waals surface area contributed by atoms with Crippen molar-refractivity contribution in [1.29, 1.82) is 0 Å². The van der Waals surface area contributed by atoms with Gasteiger partial charge >= 0.3 is 5.63 Å². The van der Waals surface area contributed by atoms with E-state index in [0.717, 1.165) is 18.2 Å². The molecule has 0 radical (unpaired) electrons. The molecule has 6 nitrogen and oxygen atoms in total. The van der Waals surface area contributed by atoms with E-state index in [1.165, 1.54) is 12.1 Å². The van der Waals surface area contributed by atoms with Gasteiger partial charge in [0, 0.05) is 22.2 Å². The number of aromatic amines is 1. The first-order chi connectivity index (χ1) is 13.4. The van der Waals surface area contributed by atoms with E-state index in [9.17, 15) is 18.4 Å². The maximum atomic E-state index is 13.4. The highest BCUT2D eigenvalue weighted by Gasteiger charge is 2.15. The lowest BCUT2D eigenvalue weighted by atomic mass is 10.1. The highest BCUT2D eigenvalue weighted by atomic mass is 79.9. The number of H-pyrrole nitrogens is 1. The van der Waals surface area contributed by atoms with E-state index in [1.54, 1.807) is 18.2 Å². The first-order valence-corrected chi connectivity index (χ1v) is 8.75. The van der Waals surface area contributed by atoms with Crippen LogP contribution in [-0.4, -0.2) is 16.1 Å². The minimum atomic E-state index is -0.736. The SMILES string of the molecule is O=C(Nc1cc(-c2cc(F)cc(F)c2)[nH]n1)c1cc2ccc(Br)cc2c(=O)o1. The monoisotopic (exact) mass is 445 g/mol. The Hall–Kier alpha value is -3.33. The van der Waals surface area contributed by atoms with Crippen LogP contribution in [0.1, 0.15) is 10.6 Å². The first kappa shape index (κ1) is 18.1. The number of rotatable bonds is 3. The Morgan fingerprint density at radius 1 is 1.07 bits per heavy atom. The van der Waals surface area contributed by atoms with Crippen LogP contribution in [0.5, 0.6) is 0 Å². The normalized spacial score (nSPS) is 11.0. The van der Waals surface area contributed by atoms with Gasteiger partial charge < -0.3 is 9.73 Å². The van der Waals surface area contributed by atoms with Crippen molar-refractivity contribution in [2.45, 2.75) is 0 Å². The average Bonchev–Trinajstić information content (AvgIpc) is 3.10. The van der Waals surface area contributed by atoms with Crippen molar-refractivity contribution >= 4 is 38.4 Å². The van der Waals surface area contributed by atoms with Crippen LogP contribution in [0.15, 0.2) is 62.2 Å². The molecule has 0 spiro atoms. The zero-order valence-corrected chi connectivity index (χ0v) is 15.5. The zero-order valence-electron chi connectivity index (χ0n) is 13.9. The Morgan fingerprint density at radius 2 is 1.82 bits per heavy atom. The number of anilines is 1. The molecule has 2 aromatic carbocycles. The van der Waals surface area contributed by atoms with Crippen LogP contribution in [0, 0.1) is 11.6 Å². The number of hydrogen-bond acceptors (Lipinski definition) is 4. The second kappa shape index (κ2) is 7.01. The third kappa shape index (κ3) is 3.56. The molecule has 28 heavy (non-hydrogen) atoms. The smallest absolute Gasteiger partial charge is 0.344 e. The number of fused-ring (bicyclic) bond motifs is 1. The number of amides is 1. The lowest BCUT2D eigenvalue weighted by Crippen LogP contribution is -2.15. The van der Waals surface area contributed by atoms with Crippen molar-refractivity contribution in [3.05, 3.63) is 80.8 Å². The number of benzene rings is 2. The second-order valence-corrected chi connectivity index (χ2v) is 6.82. The molecule has 2 aromatic heterocycles. The van der Waals surface area contributed by atoms with E-state index in [2.05, 4.69) is 31.4 Å². The van der Waals surface area contributed by atoms with Gasteiger partial charge in [-0.3, -0.25) is 9.89 Å². The number of hydrogen-bond donors (Lipinski definition) is 2. The summed E-state index contributed by atoms with van der Waals surface area (Å²) in [6, 6.07) is 10.9. The molecule has 4 aromatic rings. The van der Waals surface area contributed by atoms with Crippen molar-refractivity contribution < 1.29 is 18.0 Å². The van der Waals surface area contributed by atoms with Crippen LogP contribution in [0.3, 0.4) is 0 Å². The molecule has 0 unspecified atom stereocenters. The Balaban J connectivity index is 1.61. The fourth-order valence-corrected chi connectivity index (χ4v) is 3.05. The fourth-order valence-electron chi connectivity index (χ4n) is 2.69. The number of nitrogens with zero attached hydrogens (tertiary/aromatic N) is 1. The first-order valence-electron chi connectivity index (χ1n) is 7.96. The Bertz CT molecular complexity index is 1260. The van der Waals surface area contributed by atoms with Gasteiger partial charge in [-0.15, -0.1) is 0 Å². The highest BCUT2D eigenvalue weighted by molar-refractivity contribution is 9.10. The molecule has 0 saturated carbocycles. The molecule has 1 amide bonds. The van der Waals surface area contributed by atoms with Crippen molar-refractivity contribution in [3.8, 4) is 11.3 Å². The van der Waals surface area contributed by atoms with Crippen LogP contribution < -0.4 is 10.9 Å². The van der Waals surface area contributed by atoms with Gasteiger partial charge in [0.25, 0.3) is 5.91 Å². The van der Waals surface area contributed by atoms with Gasteiger partial charge in [-0.1, -0.05) is 22.0 Å². The third-order valence-corrected chi connectivity index (χ3v) is 4.43. The lowest BCUT2D eigenvalue weighted by molar-refractivity contribution is 0.0992. The Kier molecular flexibility index (Phi) is 4.52. The lowest BCUT2D eigenvalue weighted by Gasteiger charge is -2.03. The summed E-state index contributed by atoms with van der Waals surface area (Å²) in [7, 11) is 0. The molecular formula is C19H10BrF2N3O3. The molecule has 0 bridgehead atoms. The number of carbonyl (C=O) groups excluding carboxylic acids is 1. The van der Waals surface area contributed by atoms with E-state index in [-0.39, 0.29) is 17.1 Å². The quantitative estimate of drug-likeness (QED) is 0.486. The van der Waals surface area contributed by atoms with Crippen LogP contribution >= 0.6 is 15.9 Å². The average molecular weight is 446 g/mol. The van der Waals surface area contributed by atoms with Crippen molar-refractivity contribution in [1.82, 2.24) is 10.2 Å². The van der Waals surface area contributed by atoms with Crippen LogP contribution in [0.25, 0.3) is 22.0 Å². The molecular weight excluding hydrogens is 436 g/mol. The summed E-state index contributed by atoms with van der Waals surface area (Å²) in [6.45, 7) is 0. The standard InChI is InChI=1S/C19H10BrF2N3O3/c20-11-2-1-9-5-16(28-19(27)14(9)6-11)18(26)23-17-8-15(24-25-17)10-3-12(21)7-13(22)4-10/h1-8H,(H2,23,24,25,26). The maximum absolute atomic E-state index is 13.4. The summed E-state index contributed by atoms with van der Waals surface area (Å²) < 4.78 is 32.5. The summed E-state index contributed by atoms with van der Waals surface area (Å²) in [6.07, 6.45) is 0. The van der Waals surface area contributed by atoms with E-state index < -0.39 is 23.2 Å². The van der Waals surface area contributed by atoms with E-state index >= 15 is 0 Å². The van der Waals surface area contributed by atoms with Crippen molar-refractivity contribution in [2.24, 2.45) is 0 Å². The Labute approximate surface area is 164 Å². The van der Waals surface area contributed by atoms with Crippen molar-refractivity contribution in [2.75, 3.05) is 5.32 Å². The van der Waals surface area contributed by atoms with Gasteiger partial charge in [0.15, 0.2) is 11.6 Å². The Morgan fingerprint density at radius 3 is 2.57 bits per heavy atom. The minimum Gasteiger partial charge on any atom is -0.417 e. The van der Waals surface area contributed by atoms with Crippen LogP contribution in [0.2, 0.25) is 0 Å². The predicted molar refractivity (Wildman–Crippen MR) is 102 cm³/mol. The molecule has 2 heterocycles. The largest absolute Gasteiger partial charge is 0.417 e. The number of nitrogens with one attached hydrogen (secondary N) is 2. The number of carbonyl (C=O) groups is 1. The molecule has 2 N–H and O–H groups in total. The zero-order chi connectivity index (χ0) is 19.8. The molecule has 0 aliphatic carbocycles. The van der Waals surface area contributed by atoms with Crippen molar-refractivity contribution in [3.63, 3.8) is 0 Å². The van der Waals surface area contributed by atoms with Crippen LogP contribution in [-0.2, 0) is 0 Å². The summed E-state index contributed by atoms with van der Waals surface area (Å²) >= 11 is 3.27. The molecule has 140 valence electrons. The number of halogens is 3. The molecule has 9 heteroatoms. The maximum Gasteiger partial charge on any atom is 0.344 e. The minimum absolute atomic E-state index is 0.100. The van der Waals surface area contributed by atoms with Gasteiger partial charge in [0.1, 0.15) is 11.6 Å². The van der Waals surface area contributed by atoms with Gasteiger partial charge in [0.2, 0.25) is 0 Å². The number of aromatic nitrogens is 2. The highest BCUT2D eigenvalue weighted by Crippen LogP contribution is 2.23. The summed E-state index contributed by atoms with van der Waals surface area (Å²) in [5.74, 6) is -2.26. The summed E-state index contributed by atoms with van der Waals surface area (Å²) in [5, 5.41) is 9.82. The van der Waals surface area contributed by atoms with E-state index in [1.807, 2.05) is 0 Å². The fraction of sp³-hybridized carbons (Fsp3) is 0. The second-order valence-electron chi connectivity index (χ2n) is 5.91. The third-order valence-electron chi connectivity index (χ3n) is 3.94. The summed E-state index contributed by atoms with van der Waals surface area (Å²) in [5.41, 5.74) is -0.117. The summed E-state index contributed by atoms with van der Waals surface area (Å²) in [4.78, 5) is 24.5. The van der Waals surface area contributed by atoms with Gasteiger partial charge in [0.05, 0.1) is 11.1 Å². The van der Waals surface area contributed by atoms with E-state index in [0.29, 0.717) is 20.9 Å². The molecule has 0 aliphatic heterocycles. The molecule has 0 fully saturated rings. The topological polar surface area (TPSA) is 88.0 Å². The van der Waals surface area contributed by atoms with E-state index in [4.69, 9.17) is 4.42 Å². The van der Waals surface area contributed by atoms with Gasteiger partial charge in [-0.2, -0.15) is 5.10 Å². The van der Waals surface area contributed by atoms with Gasteiger partial charge in [-0.05, 0) is 35.7 Å². The van der Waals surface area contributed by atoms with Crippen LogP contribution in [0.4, 0.5) is 14.6 Å². The molecule has 0 aliphatic rings. The molecule has 0 saturated heterocycles. The predicted octanol–water partition coefficient (Wildman–Crippen LogP) is 4.48. The molecule has 0 atom stereocenters. The molecule has 4 rings (SSSR count). The van der Waals surface area contributed by atoms with Gasteiger partial charge in [-0.25, -0.2) is 13.6 Å².